The van der Waals surface area contributed by atoms with E-state index in [-0.39, 0.29) is 27.1 Å². The van der Waals surface area contributed by atoms with Crippen LogP contribution in [0.25, 0.3) is 22.4 Å². The summed E-state index contributed by atoms with van der Waals surface area (Å²) in [6, 6.07) is 14.5. The van der Waals surface area contributed by atoms with Gasteiger partial charge in [0.2, 0.25) is 5.69 Å². The fourth-order valence-corrected chi connectivity index (χ4v) is 8.41. The molecule has 0 unspecified atom stereocenters. The molecule has 3 aromatic rings. The molecule has 0 spiro atoms. The van der Waals surface area contributed by atoms with E-state index >= 15 is 0 Å². The first kappa shape index (κ1) is 27.2. The quantitative estimate of drug-likeness (QED) is 0.304. The van der Waals surface area contributed by atoms with Crippen molar-refractivity contribution in [3.63, 3.8) is 0 Å². The number of aromatic nitrogens is 1. The minimum Gasteiger partial charge on any atom is -0.201 e. The van der Waals surface area contributed by atoms with Gasteiger partial charge in [0.25, 0.3) is 0 Å². The van der Waals surface area contributed by atoms with Crippen molar-refractivity contribution in [2.45, 2.75) is 123 Å². The van der Waals surface area contributed by atoms with Crippen LogP contribution >= 0.6 is 0 Å². The predicted molar refractivity (Wildman–Crippen MR) is 163 cm³/mol. The van der Waals surface area contributed by atoms with Crippen LogP contribution in [0.15, 0.2) is 42.6 Å². The van der Waals surface area contributed by atoms with Crippen LogP contribution in [-0.4, -0.2) is 0 Å². The molecule has 0 amide bonds. The summed E-state index contributed by atoms with van der Waals surface area (Å²) in [7, 11) is 2.20. The summed E-state index contributed by atoms with van der Waals surface area (Å²) in [5.74, 6) is 0. The average Bonchev–Trinajstić information content (AvgIpc) is 3.07. The SMILES string of the molecule is Cc1ccc(-c2c3c(cc4c2C(C)(C)CC4(C)C)C(C)(C)CC3(C)C)cc1-c1ccc(C(C)(C)C)c[n+]1C. The third-order valence-corrected chi connectivity index (χ3v) is 9.71. The number of fused-ring (bicyclic) bond motifs is 2. The van der Waals surface area contributed by atoms with Gasteiger partial charge in [0, 0.05) is 17.2 Å². The Balaban J connectivity index is 1.83. The van der Waals surface area contributed by atoms with Gasteiger partial charge in [0.1, 0.15) is 7.05 Å². The van der Waals surface area contributed by atoms with Crippen molar-refractivity contribution in [2.75, 3.05) is 0 Å². The number of nitrogens with zero attached hydrogens (tertiary/aromatic N) is 1. The van der Waals surface area contributed by atoms with E-state index in [9.17, 15) is 0 Å². The Kier molecular flexibility index (Phi) is 5.76. The van der Waals surface area contributed by atoms with Gasteiger partial charge in [-0.1, -0.05) is 94.4 Å². The van der Waals surface area contributed by atoms with Crippen LogP contribution in [0, 0.1) is 6.92 Å². The molecule has 1 nitrogen and oxygen atoms in total. The van der Waals surface area contributed by atoms with Crippen molar-refractivity contribution in [1.29, 1.82) is 0 Å². The summed E-state index contributed by atoms with van der Waals surface area (Å²) in [5.41, 5.74) is 15.3. The molecule has 0 bridgehead atoms. The van der Waals surface area contributed by atoms with E-state index in [0.29, 0.717) is 0 Å². The summed E-state index contributed by atoms with van der Waals surface area (Å²) in [6.45, 7) is 28.9. The van der Waals surface area contributed by atoms with Gasteiger partial charge in [-0.2, -0.15) is 0 Å². The van der Waals surface area contributed by atoms with Gasteiger partial charge < -0.3 is 0 Å². The van der Waals surface area contributed by atoms with E-state index in [1.807, 2.05) is 0 Å². The first-order valence-electron chi connectivity index (χ1n) is 14.6. The molecule has 202 valence electrons. The Morgan fingerprint density at radius 3 is 1.68 bits per heavy atom. The molecule has 1 heteroatoms. The molecule has 38 heavy (non-hydrogen) atoms. The molecule has 2 aromatic carbocycles. The molecule has 0 atom stereocenters. The topological polar surface area (TPSA) is 3.88 Å². The summed E-state index contributed by atoms with van der Waals surface area (Å²) in [5, 5.41) is 0. The summed E-state index contributed by atoms with van der Waals surface area (Å²) in [6.07, 6.45) is 4.69. The number of hydrogen-bond donors (Lipinski definition) is 0. The fourth-order valence-electron chi connectivity index (χ4n) is 8.41. The molecule has 0 saturated heterocycles. The summed E-state index contributed by atoms with van der Waals surface area (Å²) < 4.78 is 2.33. The van der Waals surface area contributed by atoms with Gasteiger partial charge in [-0.15, -0.1) is 0 Å². The predicted octanol–water partition coefficient (Wildman–Crippen LogP) is 9.37. The molecular weight excluding hydrogens is 458 g/mol. The molecule has 2 aliphatic carbocycles. The van der Waals surface area contributed by atoms with Crippen molar-refractivity contribution in [3.8, 4) is 22.4 Å². The van der Waals surface area contributed by atoms with Crippen LogP contribution in [-0.2, 0) is 34.1 Å². The van der Waals surface area contributed by atoms with Crippen molar-refractivity contribution in [1.82, 2.24) is 0 Å². The average molecular weight is 509 g/mol. The second-order valence-corrected chi connectivity index (χ2v) is 16.2. The second-order valence-electron chi connectivity index (χ2n) is 16.2. The zero-order valence-electron chi connectivity index (χ0n) is 26.4. The van der Waals surface area contributed by atoms with E-state index in [4.69, 9.17) is 0 Å². The maximum atomic E-state index is 2.62. The largest absolute Gasteiger partial charge is 0.212 e. The van der Waals surface area contributed by atoms with Gasteiger partial charge >= 0.3 is 0 Å². The second kappa shape index (κ2) is 8.06. The number of pyridine rings is 1. The number of rotatable bonds is 2. The highest BCUT2D eigenvalue weighted by molar-refractivity contribution is 5.83. The van der Waals surface area contributed by atoms with Crippen LogP contribution in [0.4, 0.5) is 0 Å². The minimum atomic E-state index is 0.134. The van der Waals surface area contributed by atoms with Gasteiger partial charge in [0.05, 0.1) is 0 Å². The Bertz CT molecular complexity index is 1400. The Morgan fingerprint density at radius 2 is 1.21 bits per heavy atom. The highest BCUT2D eigenvalue weighted by atomic mass is 14.9. The van der Waals surface area contributed by atoms with E-state index in [0.717, 1.165) is 0 Å². The Hall–Kier alpha value is -2.41. The van der Waals surface area contributed by atoms with E-state index < -0.39 is 0 Å². The fraction of sp³-hybridized carbons (Fsp3) is 0.541. The van der Waals surface area contributed by atoms with Crippen molar-refractivity contribution >= 4 is 0 Å². The smallest absolute Gasteiger partial charge is 0.201 e. The van der Waals surface area contributed by atoms with E-state index in [1.54, 1.807) is 22.3 Å². The third-order valence-electron chi connectivity index (χ3n) is 9.71. The molecule has 5 rings (SSSR count). The highest BCUT2D eigenvalue weighted by Gasteiger charge is 2.50. The number of aryl methyl sites for hydroxylation is 2. The lowest BCUT2D eigenvalue weighted by molar-refractivity contribution is -0.661. The highest BCUT2D eigenvalue weighted by Crippen LogP contribution is 2.60. The molecule has 0 radical (unpaired) electrons. The minimum absolute atomic E-state index is 0.134. The Labute approximate surface area is 232 Å². The van der Waals surface area contributed by atoms with Gasteiger partial charge in [-0.3, -0.25) is 0 Å². The summed E-state index contributed by atoms with van der Waals surface area (Å²) >= 11 is 0. The maximum absolute atomic E-state index is 2.62. The molecule has 1 heterocycles. The van der Waals surface area contributed by atoms with Crippen LogP contribution in [0.2, 0.25) is 0 Å². The third kappa shape index (κ3) is 4.07. The standard InChI is InChI=1S/C37H50N/c1-23-14-15-24(18-26(23)29-17-16-25(20-38(29)13)33(2,3)4)30-31-27(34(5,6)21-36(31,9)10)19-28-32(30)37(11,12)22-35(28,7)8/h14-20H,21-22H2,1-13H3/q+1. The first-order valence-corrected chi connectivity index (χ1v) is 14.6. The lowest BCUT2D eigenvalue weighted by Crippen LogP contribution is -2.33. The lowest BCUT2D eigenvalue weighted by atomic mass is 9.74. The number of benzene rings is 2. The zero-order chi connectivity index (χ0) is 28.2. The van der Waals surface area contributed by atoms with Gasteiger partial charge in [0.15, 0.2) is 6.20 Å². The van der Waals surface area contributed by atoms with Crippen LogP contribution in [0.3, 0.4) is 0 Å². The van der Waals surface area contributed by atoms with Crippen molar-refractivity contribution < 1.29 is 4.57 Å². The lowest BCUT2D eigenvalue weighted by Gasteiger charge is -2.30. The molecule has 0 aliphatic heterocycles. The molecule has 1 aromatic heterocycles. The molecule has 2 aliphatic rings. The summed E-state index contributed by atoms with van der Waals surface area (Å²) in [4.78, 5) is 0. The monoisotopic (exact) mass is 508 g/mol. The van der Waals surface area contributed by atoms with Crippen molar-refractivity contribution in [2.24, 2.45) is 7.05 Å². The molecule has 0 N–H and O–H groups in total. The molecular formula is C37H50N+. The zero-order valence-corrected chi connectivity index (χ0v) is 26.4. The first-order chi connectivity index (χ1) is 17.3. The van der Waals surface area contributed by atoms with Gasteiger partial charge in [-0.25, -0.2) is 4.57 Å². The maximum Gasteiger partial charge on any atom is 0.212 e. The number of hydrogen-bond acceptors (Lipinski definition) is 0. The van der Waals surface area contributed by atoms with Gasteiger partial charge in [-0.05, 0) is 97.9 Å². The normalized spacial score (nSPS) is 20.3. The van der Waals surface area contributed by atoms with Crippen molar-refractivity contribution in [3.05, 3.63) is 76.0 Å². The van der Waals surface area contributed by atoms with Crippen LogP contribution in [0.5, 0.6) is 0 Å². The molecule has 0 fully saturated rings. The Morgan fingerprint density at radius 1 is 0.684 bits per heavy atom. The van der Waals surface area contributed by atoms with Crippen LogP contribution in [0.1, 0.15) is 122 Å². The van der Waals surface area contributed by atoms with Crippen LogP contribution < -0.4 is 4.57 Å². The molecule has 0 saturated carbocycles. The van der Waals surface area contributed by atoms with E-state index in [2.05, 4.69) is 137 Å². The van der Waals surface area contributed by atoms with E-state index in [1.165, 1.54) is 46.4 Å².